The molecular weight excluding hydrogens is 482 g/mol. The number of nitrogens with one attached hydrogen (secondary N) is 2. The van der Waals surface area contributed by atoms with Gasteiger partial charge in [-0.25, -0.2) is 9.97 Å². The number of nitrogens with zero attached hydrogens (tertiary/aromatic N) is 3. The van der Waals surface area contributed by atoms with Crippen LogP contribution in [-0.4, -0.2) is 47.5 Å². The molecule has 0 aliphatic carbocycles. The molecule has 2 aromatic carbocycles. The van der Waals surface area contributed by atoms with Crippen LogP contribution in [0.25, 0.3) is 10.9 Å². The highest BCUT2D eigenvalue weighted by molar-refractivity contribution is 9.10. The van der Waals surface area contributed by atoms with Crippen LogP contribution in [0.5, 0.6) is 5.75 Å². The van der Waals surface area contributed by atoms with E-state index in [0.717, 1.165) is 47.0 Å². The van der Waals surface area contributed by atoms with Crippen LogP contribution in [0.1, 0.15) is 19.8 Å². The molecule has 0 spiro atoms. The SMILES string of the molecule is CC=CC(=O)Nc1cc2c(Nc3cccc(Br)c3)ncnc2cc1OCC1CCN(C)CC1. The van der Waals surface area contributed by atoms with Gasteiger partial charge in [-0.15, -0.1) is 0 Å². The molecule has 2 N–H and O–H groups in total. The van der Waals surface area contributed by atoms with Crippen molar-refractivity contribution in [1.29, 1.82) is 0 Å². The molecule has 4 rings (SSSR count). The third kappa shape index (κ3) is 6.09. The van der Waals surface area contributed by atoms with Crippen molar-refractivity contribution in [2.75, 3.05) is 37.4 Å². The number of benzene rings is 2. The van der Waals surface area contributed by atoms with E-state index in [4.69, 9.17) is 4.74 Å². The summed E-state index contributed by atoms with van der Waals surface area (Å²) in [5.41, 5.74) is 2.24. The molecule has 0 bridgehead atoms. The van der Waals surface area contributed by atoms with Crippen molar-refractivity contribution in [2.24, 2.45) is 5.92 Å². The van der Waals surface area contributed by atoms with Gasteiger partial charge in [-0.3, -0.25) is 4.79 Å². The summed E-state index contributed by atoms with van der Waals surface area (Å²) >= 11 is 3.50. The number of likely N-dealkylation sites (tertiary alicyclic amines) is 1. The van der Waals surface area contributed by atoms with Crippen LogP contribution < -0.4 is 15.4 Å². The van der Waals surface area contributed by atoms with Gasteiger partial charge in [0, 0.05) is 21.6 Å². The van der Waals surface area contributed by atoms with Gasteiger partial charge in [0.25, 0.3) is 0 Å². The van der Waals surface area contributed by atoms with Gasteiger partial charge in [0.1, 0.15) is 17.9 Å². The van der Waals surface area contributed by atoms with Crippen molar-refractivity contribution in [3.8, 4) is 5.75 Å². The molecule has 3 aromatic rings. The summed E-state index contributed by atoms with van der Waals surface area (Å²) in [4.78, 5) is 23.6. The normalized spacial score (nSPS) is 15.1. The third-order valence-electron chi connectivity index (χ3n) is 5.71. The number of ether oxygens (including phenoxy) is 1. The van der Waals surface area contributed by atoms with Crippen LogP contribution in [0.3, 0.4) is 0 Å². The third-order valence-corrected chi connectivity index (χ3v) is 6.21. The smallest absolute Gasteiger partial charge is 0.248 e. The summed E-state index contributed by atoms with van der Waals surface area (Å²) in [6.07, 6.45) is 6.94. The number of rotatable bonds is 7. The van der Waals surface area contributed by atoms with Crippen LogP contribution in [0.15, 0.2) is 59.4 Å². The number of carbonyl (C=O) groups excluding carboxylic acids is 1. The number of aromatic nitrogens is 2. The monoisotopic (exact) mass is 509 g/mol. The Morgan fingerprint density at radius 2 is 2.06 bits per heavy atom. The highest BCUT2D eigenvalue weighted by Crippen LogP contribution is 2.34. The van der Waals surface area contributed by atoms with Crippen molar-refractivity contribution in [3.63, 3.8) is 0 Å². The van der Waals surface area contributed by atoms with E-state index in [1.54, 1.807) is 6.08 Å². The Morgan fingerprint density at radius 3 is 2.82 bits per heavy atom. The van der Waals surface area contributed by atoms with E-state index in [2.05, 4.69) is 48.5 Å². The number of anilines is 3. The Balaban J connectivity index is 1.65. The molecule has 0 saturated carbocycles. The van der Waals surface area contributed by atoms with Gasteiger partial charge in [0.05, 0.1) is 17.8 Å². The van der Waals surface area contributed by atoms with E-state index in [-0.39, 0.29) is 5.91 Å². The van der Waals surface area contributed by atoms with Gasteiger partial charge in [-0.2, -0.15) is 0 Å². The first-order valence-corrected chi connectivity index (χ1v) is 11.9. The summed E-state index contributed by atoms with van der Waals surface area (Å²) < 4.78 is 7.20. The maximum absolute atomic E-state index is 12.3. The van der Waals surface area contributed by atoms with Crippen molar-refractivity contribution < 1.29 is 9.53 Å². The van der Waals surface area contributed by atoms with Gasteiger partial charge in [-0.1, -0.05) is 28.1 Å². The maximum atomic E-state index is 12.3. The Bertz CT molecular complexity index is 1160. The van der Waals surface area contributed by atoms with Crippen LogP contribution in [0.4, 0.5) is 17.2 Å². The molecule has 1 aliphatic rings. The Hall–Kier alpha value is -2.97. The van der Waals surface area contributed by atoms with E-state index in [1.807, 2.05) is 43.3 Å². The predicted octanol–water partition coefficient (Wildman–Crippen LogP) is 5.37. The maximum Gasteiger partial charge on any atom is 0.248 e. The minimum atomic E-state index is -0.209. The van der Waals surface area contributed by atoms with Crippen molar-refractivity contribution in [1.82, 2.24) is 14.9 Å². The molecule has 0 unspecified atom stereocenters. The summed E-state index contributed by atoms with van der Waals surface area (Å²) in [5, 5.41) is 7.09. The van der Waals surface area contributed by atoms with Crippen molar-refractivity contribution in [3.05, 3.63) is 59.4 Å². The standard InChI is InChI=1S/C25H28BrN5O2/c1-3-5-24(32)30-22-13-20-21(14-23(22)33-15-17-8-10-31(2)11-9-17)27-16-28-25(20)29-19-7-4-6-18(26)12-19/h3-7,12-14,16-17H,8-11,15H2,1-2H3,(H,30,32)(H,27,28,29). The Morgan fingerprint density at radius 1 is 1.24 bits per heavy atom. The van der Waals surface area contributed by atoms with Crippen LogP contribution in [-0.2, 0) is 4.79 Å². The molecule has 2 heterocycles. The molecule has 172 valence electrons. The second-order valence-electron chi connectivity index (χ2n) is 8.27. The zero-order chi connectivity index (χ0) is 23.2. The number of allylic oxidation sites excluding steroid dienone is 1. The van der Waals surface area contributed by atoms with Crippen LogP contribution in [0, 0.1) is 5.92 Å². The number of carbonyl (C=O) groups is 1. The first-order chi connectivity index (χ1) is 16.0. The quantitative estimate of drug-likeness (QED) is 0.416. The zero-order valence-corrected chi connectivity index (χ0v) is 20.4. The fourth-order valence-electron chi connectivity index (χ4n) is 3.87. The molecule has 1 aromatic heterocycles. The van der Waals surface area contributed by atoms with Crippen molar-refractivity contribution in [2.45, 2.75) is 19.8 Å². The molecular formula is C25H28BrN5O2. The Labute approximate surface area is 202 Å². The first-order valence-electron chi connectivity index (χ1n) is 11.1. The summed E-state index contributed by atoms with van der Waals surface area (Å²) in [5.74, 6) is 1.56. The summed E-state index contributed by atoms with van der Waals surface area (Å²) in [6, 6.07) is 11.6. The molecule has 8 heteroatoms. The number of hydrogen-bond acceptors (Lipinski definition) is 6. The molecule has 1 fully saturated rings. The lowest BCUT2D eigenvalue weighted by atomic mass is 9.98. The lowest BCUT2D eigenvalue weighted by Gasteiger charge is -2.29. The lowest BCUT2D eigenvalue weighted by molar-refractivity contribution is -0.111. The van der Waals surface area contributed by atoms with E-state index in [1.165, 1.54) is 12.4 Å². The second-order valence-corrected chi connectivity index (χ2v) is 9.19. The second kappa shape index (κ2) is 10.8. The van der Waals surface area contributed by atoms with Gasteiger partial charge >= 0.3 is 0 Å². The number of amides is 1. The summed E-state index contributed by atoms with van der Waals surface area (Å²) in [6.45, 7) is 4.58. The topological polar surface area (TPSA) is 79.4 Å². The average molecular weight is 510 g/mol. The fourth-order valence-corrected chi connectivity index (χ4v) is 4.26. The molecule has 7 nitrogen and oxygen atoms in total. The predicted molar refractivity (Wildman–Crippen MR) is 136 cm³/mol. The highest BCUT2D eigenvalue weighted by atomic mass is 79.9. The minimum Gasteiger partial charge on any atom is -0.491 e. The van der Waals surface area contributed by atoms with E-state index >= 15 is 0 Å². The number of hydrogen-bond donors (Lipinski definition) is 2. The van der Waals surface area contributed by atoms with E-state index in [0.29, 0.717) is 29.8 Å². The minimum absolute atomic E-state index is 0.209. The highest BCUT2D eigenvalue weighted by Gasteiger charge is 2.19. The van der Waals surface area contributed by atoms with Gasteiger partial charge in [0.2, 0.25) is 5.91 Å². The van der Waals surface area contributed by atoms with Gasteiger partial charge < -0.3 is 20.3 Å². The van der Waals surface area contributed by atoms with Crippen LogP contribution >= 0.6 is 15.9 Å². The van der Waals surface area contributed by atoms with E-state index in [9.17, 15) is 4.79 Å². The van der Waals surface area contributed by atoms with E-state index < -0.39 is 0 Å². The molecule has 1 amide bonds. The zero-order valence-electron chi connectivity index (χ0n) is 18.8. The number of halogens is 1. The largest absolute Gasteiger partial charge is 0.491 e. The first kappa shape index (κ1) is 23.2. The fraction of sp³-hybridized carbons (Fsp3) is 0.320. The van der Waals surface area contributed by atoms with Gasteiger partial charge in [-0.05, 0) is 76.2 Å². The molecule has 0 radical (unpaired) electrons. The summed E-state index contributed by atoms with van der Waals surface area (Å²) in [7, 11) is 2.15. The molecule has 33 heavy (non-hydrogen) atoms. The molecule has 0 atom stereocenters. The molecule has 1 saturated heterocycles. The van der Waals surface area contributed by atoms with Crippen molar-refractivity contribution >= 4 is 49.9 Å². The number of fused-ring (bicyclic) bond motifs is 1. The lowest BCUT2D eigenvalue weighted by Crippen LogP contribution is -2.32. The van der Waals surface area contributed by atoms with Crippen LogP contribution in [0.2, 0.25) is 0 Å². The van der Waals surface area contributed by atoms with Gasteiger partial charge in [0.15, 0.2) is 0 Å². The Kier molecular flexibility index (Phi) is 7.57. The number of piperidine rings is 1. The molecule has 1 aliphatic heterocycles. The average Bonchev–Trinajstić information content (AvgIpc) is 2.79.